The molecule has 0 amide bonds. The highest BCUT2D eigenvalue weighted by molar-refractivity contribution is 7.98. The highest BCUT2D eigenvalue weighted by Gasteiger charge is 2.09. The van der Waals surface area contributed by atoms with E-state index in [-0.39, 0.29) is 0 Å². The van der Waals surface area contributed by atoms with Gasteiger partial charge in [0.2, 0.25) is 5.89 Å². The summed E-state index contributed by atoms with van der Waals surface area (Å²) in [6, 6.07) is 1.88. The molecule has 5 nitrogen and oxygen atoms in total. The second-order valence-corrected chi connectivity index (χ2v) is 5.42. The van der Waals surface area contributed by atoms with Gasteiger partial charge in [-0.15, -0.1) is 11.8 Å². The van der Waals surface area contributed by atoms with Crippen LogP contribution in [0.4, 0.5) is 5.69 Å². The maximum Gasteiger partial charge on any atom is 0.226 e. The van der Waals surface area contributed by atoms with Crippen molar-refractivity contribution >= 4 is 17.4 Å². The Balaban J connectivity index is 1.94. The van der Waals surface area contributed by atoms with Crippen LogP contribution in [0.2, 0.25) is 0 Å². The molecule has 2 rings (SSSR count). The lowest BCUT2D eigenvalue weighted by Gasteiger charge is -2.01. The Labute approximate surface area is 110 Å². The predicted molar refractivity (Wildman–Crippen MR) is 71.1 cm³/mol. The highest BCUT2D eigenvalue weighted by Crippen LogP contribution is 2.26. The number of thioether (sulfide) groups is 1. The predicted octanol–water partition coefficient (Wildman–Crippen LogP) is 2.54. The molecular weight excluding hydrogens is 248 g/mol. The summed E-state index contributed by atoms with van der Waals surface area (Å²) >= 11 is 1.58. The molecular formula is C12H16N4OS. The van der Waals surface area contributed by atoms with Crippen molar-refractivity contribution in [2.75, 3.05) is 5.73 Å². The number of anilines is 1. The fourth-order valence-corrected chi connectivity index (χ4v) is 2.23. The molecule has 2 heterocycles. The fraction of sp³-hybridized carbons (Fsp3) is 0.417. The highest BCUT2D eigenvalue weighted by atomic mass is 32.2. The molecule has 0 aliphatic heterocycles. The Morgan fingerprint density at radius 1 is 1.44 bits per heavy atom. The minimum absolute atomic E-state index is 0.516. The van der Waals surface area contributed by atoms with Crippen molar-refractivity contribution in [3.05, 3.63) is 30.2 Å². The zero-order chi connectivity index (χ0) is 13.0. The number of aromatic nitrogens is 3. The Hall–Kier alpha value is -1.56. The monoisotopic (exact) mass is 264 g/mol. The fourth-order valence-electron chi connectivity index (χ4n) is 1.45. The van der Waals surface area contributed by atoms with Crippen molar-refractivity contribution in [3.63, 3.8) is 0 Å². The summed E-state index contributed by atoms with van der Waals surface area (Å²) in [5.74, 6) is 2.56. The molecule has 0 aliphatic rings. The third-order valence-corrected chi connectivity index (χ3v) is 3.35. The number of nitrogen functional groups attached to an aromatic ring is 1. The van der Waals surface area contributed by atoms with Gasteiger partial charge in [0, 0.05) is 17.5 Å². The molecule has 96 valence electrons. The standard InChI is InChI=1S/C12H16N4OS/c1-8(2)5-12-15-11(16-17-12)7-18-10-3-4-14-6-9(10)13/h3-4,6,8H,5,7,13H2,1-2H3. The number of hydrogen-bond donors (Lipinski definition) is 1. The molecule has 2 aromatic rings. The maximum atomic E-state index is 5.81. The van der Waals surface area contributed by atoms with Crippen LogP contribution in [0.25, 0.3) is 0 Å². The van der Waals surface area contributed by atoms with Crippen LogP contribution in [0.3, 0.4) is 0 Å². The first-order valence-corrected chi connectivity index (χ1v) is 6.77. The third kappa shape index (κ3) is 3.46. The lowest BCUT2D eigenvalue weighted by atomic mass is 10.1. The first-order chi connectivity index (χ1) is 8.65. The van der Waals surface area contributed by atoms with Crippen LogP contribution in [0, 0.1) is 5.92 Å². The van der Waals surface area contributed by atoms with Gasteiger partial charge in [0.15, 0.2) is 5.82 Å². The van der Waals surface area contributed by atoms with Crippen molar-refractivity contribution in [2.45, 2.75) is 30.9 Å². The van der Waals surface area contributed by atoms with E-state index in [2.05, 4.69) is 29.0 Å². The average molecular weight is 264 g/mol. The van der Waals surface area contributed by atoms with E-state index in [9.17, 15) is 0 Å². The average Bonchev–Trinajstić information content (AvgIpc) is 2.75. The molecule has 0 unspecified atom stereocenters. The first-order valence-electron chi connectivity index (χ1n) is 5.79. The summed E-state index contributed by atoms with van der Waals surface area (Å²) in [7, 11) is 0. The molecule has 18 heavy (non-hydrogen) atoms. The zero-order valence-corrected chi connectivity index (χ0v) is 11.3. The van der Waals surface area contributed by atoms with Gasteiger partial charge in [0.05, 0.1) is 17.6 Å². The van der Waals surface area contributed by atoms with Crippen LogP contribution in [0.1, 0.15) is 25.6 Å². The molecule has 0 bridgehead atoms. The van der Waals surface area contributed by atoms with E-state index in [4.69, 9.17) is 10.3 Å². The molecule has 0 aliphatic carbocycles. The van der Waals surface area contributed by atoms with E-state index in [0.29, 0.717) is 29.1 Å². The van der Waals surface area contributed by atoms with Crippen LogP contribution in [-0.2, 0) is 12.2 Å². The molecule has 6 heteroatoms. The molecule has 0 aromatic carbocycles. The molecule has 2 N–H and O–H groups in total. The number of hydrogen-bond acceptors (Lipinski definition) is 6. The second kappa shape index (κ2) is 5.86. The van der Waals surface area contributed by atoms with E-state index in [1.165, 1.54) is 0 Å². The molecule has 0 fully saturated rings. The molecule has 0 radical (unpaired) electrons. The minimum Gasteiger partial charge on any atom is -0.397 e. The lowest BCUT2D eigenvalue weighted by molar-refractivity contribution is 0.360. The van der Waals surface area contributed by atoms with E-state index in [1.807, 2.05) is 6.07 Å². The summed E-state index contributed by atoms with van der Waals surface area (Å²) in [6.07, 6.45) is 4.18. The molecule has 0 saturated carbocycles. The number of rotatable bonds is 5. The van der Waals surface area contributed by atoms with Gasteiger partial charge in [-0.2, -0.15) is 4.98 Å². The lowest BCUT2D eigenvalue weighted by Crippen LogP contribution is -1.94. The van der Waals surface area contributed by atoms with Gasteiger partial charge in [-0.3, -0.25) is 4.98 Å². The number of pyridine rings is 1. The van der Waals surface area contributed by atoms with Gasteiger partial charge < -0.3 is 10.3 Å². The largest absolute Gasteiger partial charge is 0.397 e. The SMILES string of the molecule is CC(C)Cc1nc(CSc2ccncc2N)no1. The van der Waals surface area contributed by atoms with E-state index >= 15 is 0 Å². The Kier molecular flexibility index (Phi) is 4.19. The first kappa shape index (κ1) is 12.9. The Bertz CT molecular complexity index is 512. The van der Waals surface area contributed by atoms with Gasteiger partial charge in [0.25, 0.3) is 0 Å². The smallest absolute Gasteiger partial charge is 0.226 e. The normalized spacial score (nSPS) is 11.1. The molecule has 0 saturated heterocycles. The van der Waals surface area contributed by atoms with Gasteiger partial charge in [-0.1, -0.05) is 19.0 Å². The summed E-state index contributed by atoms with van der Waals surface area (Å²) in [4.78, 5) is 9.27. The van der Waals surface area contributed by atoms with Crippen LogP contribution >= 0.6 is 11.8 Å². The van der Waals surface area contributed by atoms with Gasteiger partial charge in [-0.05, 0) is 12.0 Å². The van der Waals surface area contributed by atoms with Crippen molar-refractivity contribution < 1.29 is 4.52 Å². The van der Waals surface area contributed by atoms with Crippen molar-refractivity contribution in [1.29, 1.82) is 0 Å². The topological polar surface area (TPSA) is 77.8 Å². The van der Waals surface area contributed by atoms with E-state index < -0.39 is 0 Å². The second-order valence-electron chi connectivity index (χ2n) is 4.40. The maximum absolute atomic E-state index is 5.81. The van der Waals surface area contributed by atoms with Crippen LogP contribution in [0.15, 0.2) is 27.9 Å². The third-order valence-electron chi connectivity index (χ3n) is 2.26. The molecule has 0 spiro atoms. The summed E-state index contributed by atoms with van der Waals surface area (Å²) < 4.78 is 5.18. The molecule has 2 aromatic heterocycles. The quantitative estimate of drug-likeness (QED) is 0.836. The van der Waals surface area contributed by atoms with Gasteiger partial charge in [-0.25, -0.2) is 0 Å². The van der Waals surface area contributed by atoms with Crippen LogP contribution in [0.5, 0.6) is 0 Å². The Morgan fingerprint density at radius 3 is 3.00 bits per heavy atom. The zero-order valence-electron chi connectivity index (χ0n) is 10.5. The minimum atomic E-state index is 0.516. The Morgan fingerprint density at radius 2 is 2.28 bits per heavy atom. The summed E-state index contributed by atoms with van der Waals surface area (Å²) in [5, 5.41) is 3.95. The van der Waals surface area contributed by atoms with Crippen LogP contribution in [-0.4, -0.2) is 15.1 Å². The van der Waals surface area contributed by atoms with Crippen molar-refractivity contribution in [3.8, 4) is 0 Å². The van der Waals surface area contributed by atoms with Crippen molar-refractivity contribution in [2.24, 2.45) is 5.92 Å². The summed E-state index contributed by atoms with van der Waals surface area (Å²) in [6.45, 7) is 4.24. The number of nitrogens with two attached hydrogens (primary N) is 1. The van der Waals surface area contributed by atoms with Gasteiger partial charge in [0.1, 0.15) is 0 Å². The van der Waals surface area contributed by atoms with Crippen LogP contribution < -0.4 is 5.73 Å². The summed E-state index contributed by atoms with van der Waals surface area (Å²) in [5.41, 5.74) is 6.48. The van der Waals surface area contributed by atoms with Crippen molar-refractivity contribution in [1.82, 2.24) is 15.1 Å². The molecule has 0 atom stereocenters. The van der Waals surface area contributed by atoms with E-state index in [0.717, 1.165) is 11.3 Å². The van der Waals surface area contributed by atoms with E-state index in [1.54, 1.807) is 24.2 Å². The number of nitrogens with zero attached hydrogens (tertiary/aromatic N) is 3. The van der Waals surface area contributed by atoms with Gasteiger partial charge >= 0.3 is 0 Å².